The van der Waals surface area contributed by atoms with E-state index in [2.05, 4.69) is 33.8 Å². The molecule has 1 aromatic rings. The molecule has 2 rings (SSSR count). The van der Waals surface area contributed by atoms with E-state index >= 15 is 0 Å². The minimum Gasteiger partial charge on any atom is -0.370 e. The van der Waals surface area contributed by atoms with Crippen LogP contribution in [0, 0.1) is 0 Å². The standard InChI is InChI=1S/C15H26N4S/c1-3-16-13-11-14(17-9-5-4-6-10-20-2)19-15(18-13)12-7-8-12/h11-12H,3-10H2,1-2H3,(H2,16,17,18,19). The van der Waals surface area contributed by atoms with Gasteiger partial charge in [0.05, 0.1) is 0 Å². The van der Waals surface area contributed by atoms with Crippen LogP contribution in [0.15, 0.2) is 6.07 Å². The number of hydrogen-bond donors (Lipinski definition) is 2. The molecule has 0 spiro atoms. The molecule has 5 heteroatoms. The van der Waals surface area contributed by atoms with Crippen LogP contribution in [0.25, 0.3) is 0 Å². The van der Waals surface area contributed by atoms with E-state index in [-0.39, 0.29) is 0 Å². The summed E-state index contributed by atoms with van der Waals surface area (Å²) in [6, 6.07) is 2.03. The lowest BCUT2D eigenvalue weighted by Gasteiger charge is -2.10. The molecule has 0 bridgehead atoms. The van der Waals surface area contributed by atoms with Crippen LogP contribution in [0.1, 0.15) is 50.8 Å². The van der Waals surface area contributed by atoms with Crippen molar-refractivity contribution in [2.45, 2.75) is 44.9 Å². The van der Waals surface area contributed by atoms with Gasteiger partial charge in [-0.3, -0.25) is 0 Å². The summed E-state index contributed by atoms with van der Waals surface area (Å²) in [4.78, 5) is 9.23. The summed E-state index contributed by atoms with van der Waals surface area (Å²) >= 11 is 1.93. The zero-order valence-corrected chi connectivity index (χ0v) is 13.4. The Morgan fingerprint density at radius 1 is 1.15 bits per heavy atom. The van der Waals surface area contributed by atoms with Gasteiger partial charge in [0.2, 0.25) is 0 Å². The summed E-state index contributed by atoms with van der Waals surface area (Å²) in [6.45, 7) is 3.99. The summed E-state index contributed by atoms with van der Waals surface area (Å²) in [5.74, 6) is 4.80. The Hall–Kier alpha value is -0.970. The van der Waals surface area contributed by atoms with Gasteiger partial charge >= 0.3 is 0 Å². The predicted octanol–water partition coefficient (Wildman–Crippen LogP) is 3.73. The number of nitrogens with zero attached hydrogens (tertiary/aromatic N) is 2. The van der Waals surface area contributed by atoms with E-state index in [1.807, 2.05) is 17.8 Å². The van der Waals surface area contributed by atoms with E-state index in [0.717, 1.165) is 30.5 Å². The number of aromatic nitrogens is 2. The quantitative estimate of drug-likeness (QED) is 0.644. The van der Waals surface area contributed by atoms with E-state index in [4.69, 9.17) is 0 Å². The Morgan fingerprint density at radius 3 is 2.55 bits per heavy atom. The van der Waals surface area contributed by atoms with Gasteiger partial charge in [-0.2, -0.15) is 11.8 Å². The highest BCUT2D eigenvalue weighted by Crippen LogP contribution is 2.38. The van der Waals surface area contributed by atoms with Gasteiger partial charge in [-0.1, -0.05) is 6.42 Å². The maximum absolute atomic E-state index is 4.65. The molecule has 0 atom stereocenters. The monoisotopic (exact) mass is 294 g/mol. The van der Waals surface area contributed by atoms with Crippen molar-refractivity contribution in [1.82, 2.24) is 9.97 Å². The first-order valence-corrected chi connectivity index (χ1v) is 9.08. The normalized spacial score (nSPS) is 14.3. The summed E-state index contributed by atoms with van der Waals surface area (Å²) < 4.78 is 0. The third-order valence-corrected chi connectivity index (χ3v) is 4.07. The highest BCUT2D eigenvalue weighted by molar-refractivity contribution is 7.98. The zero-order valence-electron chi connectivity index (χ0n) is 12.6. The van der Waals surface area contributed by atoms with Crippen LogP contribution in [0.5, 0.6) is 0 Å². The molecule has 1 aliphatic carbocycles. The van der Waals surface area contributed by atoms with Gasteiger partial charge in [-0.15, -0.1) is 0 Å². The highest BCUT2D eigenvalue weighted by Gasteiger charge is 2.27. The average Bonchev–Trinajstić information content (AvgIpc) is 3.27. The molecule has 1 fully saturated rings. The molecule has 4 nitrogen and oxygen atoms in total. The van der Waals surface area contributed by atoms with Gasteiger partial charge in [0.25, 0.3) is 0 Å². The summed E-state index contributed by atoms with van der Waals surface area (Å²) in [5.41, 5.74) is 0. The molecule has 2 N–H and O–H groups in total. The van der Waals surface area contributed by atoms with Crippen molar-refractivity contribution in [3.05, 3.63) is 11.9 Å². The molecule has 0 unspecified atom stereocenters. The topological polar surface area (TPSA) is 49.8 Å². The fourth-order valence-electron chi connectivity index (χ4n) is 2.12. The molecule has 1 heterocycles. The van der Waals surface area contributed by atoms with Crippen LogP contribution in [0.3, 0.4) is 0 Å². The van der Waals surface area contributed by atoms with E-state index in [1.54, 1.807) is 0 Å². The first-order valence-electron chi connectivity index (χ1n) is 7.69. The van der Waals surface area contributed by atoms with Gasteiger partial charge in [-0.05, 0) is 44.6 Å². The van der Waals surface area contributed by atoms with Crippen LogP contribution in [-0.2, 0) is 0 Å². The number of hydrogen-bond acceptors (Lipinski definition) is 5. The SMILES string of the molecule is CCNc1cc(NCCCCCSC)nc(C2CC2)n1. The Morgan fingerprint density at radius 2 is 1.90 bits per heavy atom. The van der Waals surface area contributed by atoms with Crippen molar-refractivity contribution in [1.29, 1.82) is 0 Å². The second-order valence-corrected chi connectivity index (χ2v) is 6.27. The lowest BCUT2D eigenvalue weighted by atomic mass is 10.2. The smallest absolute Gasteiger partial charge is 0.136 e. The Kier molecular flexibility index (Phi) is 6.43. The molecule has 1 saturated carbocycles. The molecule has 1 aliphatic rings. The maximum Gasteiger partial charge on any atom is 0.136 e. The Bertz CT molecular complexity index is 407. The van der Waals surface area contributed by atoms with Crippen molar-refractivity contribution < 1.29 is 0 Å². The van der Waals surface area contributed by atoms with Crippen molar-refractivity contribution in [2.75, 3.05) is 35.7 Å². The fourth-order valence-corrected chi connectivity index (χ4v) is 2.61. The molecule has 112 valence electrons. The third-order valence-electron chi connectivity index (χ3n) is 3.38. The van der Waals surface area contributed by atoms with Gasteiger partial charge < -0.3 is 10.6 Å². The summed E-state index contributed by atoms with van der Waals surface area (Å²) in [7, 11) is 0. The Balaban J connectivity index is 1.82. The van der Waals surface area contributed by atoms with Crippen LogP contribution in [-0.4, -0.2) is 35.1 Å². The van der Waals surface area contributed by atoms with Crippen molar-refractivity contribution >= 4 is 23.4 Å². The molecule has 0 aliphatic heterocycles. The first kappa shape index (κ1) is 15.4. The highest BCUT2D eigenvalue weighted by atomic mass is 32.2. The number of rotatable bonds is 10. The average molecular weight is 294 g/mol. The number of anilines is 2. The number of thioether (sulfide) groups is 1. The molecule has 1 aromatic heterocycles. The number of unbranched alkanes of at least 4 members (excludes halogenated alkanes) is 2. The van der Waals surface area contributed by atoms with Crippen molar-refractivity contribution in [3.8, 4) is 0 Å². The third kappa shape index (κ3) is 5.19. The van der Waals surface area contributed by atoms with Crippen molar-refractivity contribution in [2.24, 2.45) is 0 Å². The van der Waals surface area contributed by atoms with E-state index in [1.165, 1.54) is 37.9 Å². The minimum atomic E-state index is 0.593. The van der Waals surface area contributed by atoms with Gasteiger partial charge in [0.15, 0.2) is 0 Å². The second kappa shape index (κ2) is 8.35. The lowest BCUT2D eigenvalue weighted by Crippen LogP contribution is -2.08. The second-order valence-electron chi connectivity index (χ2n) is 5.28. The first-order chi connectivity index (χ1) is 9.83. The van der Waals surface area contributed by atoms with Gasteiger partial charge in [0, 0.05) is 25.1 Å². The van der Waals surface area contributed by atoms with Crippen LogP contribution in [0.2, 0.25) is 0 Å². The lowest BCUT2D eigenvalue weighted by molar-refractivity contribution is 0.747. The molecular formula is C15H26N4S. The van der Waals surface area contributed by atoms with E-state index in [0.29, 0.717) is 5.92 Å². The minimum absolute atomic E-state index is 0.593. The van der Waals surface area contributed by atoms with Gasteiger partial charge in [-0.25, -0.2) is 9.97 Å². The van der Waals surface area contributed by atoms with Crippen molar-refractivity contribution in [3.63, 3.8) is 0 Å². The molecule has 0 saturated heterocycles. The zero-order chi connectivity index (χ0) is 14.2. The predicted molar refractivity (Wildman–Crippen MR) is 88.9 cm³/mol. The van der Waals surface area contributed by atoms with E-state index < -0.39 is 0 Å². The summed E-state index contributed by atoms with van der Waals surface area (Å²) in [5, 5.41) is 6.74. The number of nitrogens with one attached hydrogen (secondary N) is 2. The van der Waals surface area contributed by atoms with E-state index in [9.17, 15) is 0 Å². The molecule has 0 amide bonds. The maximum atomic E-state index is 4.65. The molecule has 20 heavy (non-hydrogen) atoms. The fraction of sp³-hybridized carbons (Fsp3) is 0.733. The molecule has 0 aromatic carbocycles. The summed E-state index contributed by atoms with van der Waals surface area (Å²) in [6.07, 6.45) is 8.45. The van der Waals surface area contributed by atoms with Gasteiger partial charge in [0.1, 0.15) is 17.5 Å². The largest absolute Gasteiger partial charge is 0.370 e. The molecular weight excluding hydrogens is 268 g/mol. The molecule has 0 radical (unpaired) electrons. The van der Waals surface area contributed by atoms with Crippen LogP contribution >= 0.6 is 11.8 Å². The van der Waals surface area contributed by atoms with Crippen LogP contribution in [0.4, 0.5) is 11.6 Å². The Labute approximate surface area is 126 Å². The van der Waals surface area contributed by atoms with Crippen LogP contribution < -0.4 is 10.6 Å².